The van der Waals surface area contributed by atoms with Crippen molar-refractivity contribution in [3.8, 4) is 0 Å². The van der Waals surface area contributed by atoms with E-state index in [1.807, 2.05) is 0 Å². The Morgan fingerprint density at radius 1 is 1.22 bits per heavy atom. The van der Waals surface area contributed by atoms with E-state index in [1.165, 1.54) is 16.8 Å². The fourth-order valence-electron chi connectivity index (χ4n) is 1.50. The summed E-state index contributed by atoms with van der Waals surface area (Å²) in [5.41, 5.74) is 6.26. The Hall–Kier alpha value is -2.05. The second-order valence-electron chi connectivity index (χ2n) is 3.91. The molecule has 0 aliphatic heterocycles. The lowest BCUT2D eigenvalue weighted by Gasteiger charge is -2.08. The molecule has 0 radical (unpaired) electrons. The van der Waals surface area contributed by atoms with Crippen LogP contribution in [0.3, 0.4) is 0 Å². The highest BCUT2D eigenvalue weighted by molar-refractivity contribution is 5.32. The van der Waals surface area contributed by atoms with Crippen LogP contribution in [0.1, 0.15) is 16.8 Å². The first-order valence-electron chi connectivity index (χ1n) is 5.19. The summed E-state index contributed by atoms with van der Waals surface area (Å²) in [4.78, 5) is 0. The third-order valence-corrected chi connectivity index (χ3v) is 2.63. The number of nitrogens with zero attached hydrogens (tertiary/aromatic N) is 3. The number of halogens is 3. The number of aromatic nitrogens is 3. The predicted molar refractivity (Wildman–Crippen MR) is 59.7 cm³/mol. The van der Waals surface area contributed by atoms with Crippen LogP contribution in [0.25, 0.3) is 0 Å². The van der Waals surface area contributed by atoms with Crippen molar-refractivity contribution in [1.82, 2.24) is 15.0 Å². The van der Waals surface area contributed by atoms with E-state index in [2.05, 4.69) is 10.3 Å². The Balaban J connectivity index is 2.19. The van der Waals surface area contributed by atoms with E-state index in [4.69, 9.17) is 5.73 Å². The molecule has 0 aliphatic rings. The third kappa shape index (κ3) is 2.44. The molecular weight excluding hydrogens is 245 g/mol. The lowest BCUT2D eigenvalue weighted by Crippen LogP contribution is -2.07. The van der Waals surface area contributed by atoms with Gasteiger partial charge in [0, 0.05) is 0 Å². The maximum Gasteiger partial charge on any atom is 0.416 e. The fraction of sp³-hybridized carbons (Fsp3) is 0.273. The van der Waals surface area contributed by atoms with Crippen LogP contribution in [0.2, 0.25) is 0 Å². The van der Waals surface area contributed by atoms with E-state index in [-0.39, 0.29) is 0 Å². The minimum absolute atomic E-state index is 0.321. The highest BCUT2D eigenvalue weighted by Crippen LogP contribution is 2.29. The van der Waals surface area contributed by atoms with Gasteiger partial charge in [0.15, 0.2) is 5.82 Å². The number of hydrogen-bond donors (Lipinski definition) is 1. The number of alkyl halides is 3. The predicted octanol–water partition coefficient (Wildman–Crippen LogP) is 2.24. The minimum Gasteiger partial charge on any atom is -0.381 e. The highest BCUT2D eigenvalue weighted by atomic mass is 19.4. The van der Waals surface area contributed by atoms with E-state index in [0.717, 1.165) is 12.1 Å². The van der Waals surface area contributed by atoms with Gasteiger partial charge >= 0.3 is 6.18 Å². The topological polar surface area (TPSA) is 56.7 Å². The van der Waals surface area contributed by atoms with Crippen LogP contribution in [-0.2, 0) is 12.7 Å². The summed E-state index contributed by atoms with van der Waals surface area (Å²) < 4.78 is 38.6. The molecule has 0 bridgehead atoms. The Morgan fingerprint density at radius 2 is 1.83 bits per heavy atom. The van der Waals surface area contributed by atoms with Crippen molar-refractivity contribution in [2.24, 2.45) is 0 Å². The first kappa shape index (κ1) is 12.4. The maximum absolute atomic E-state index is 12.4. The monoisotopic (exact) mass is 256 g/mol. The van der Waals surface area contributed by atoms with Gasteiger partial charge in [0.2, 0.25) is 0 Å². The SMILES string of the molecule is Cc1c(N)nnn1Cc1ccc(C(F)(F)F)cc1. The van der Waals surface area contributed by atoms with Crippen molar-refractivity contribution in [1.29, 1.82) is 0 Å². The Kier molecular flexibility index (Phi) is 2.98. The molecule has 18 heavy (non-hydrogen) atoms. The van der Waals surface area contributed by atoms with Gasteiger partial charge in [0.05, 0.1) is 17.8 Å². The zero-order chi connectivity index (χ0) is 13.3. The zero-order valence-electron chi connectivity index (χ0n) is 9.57. The van der Waals surface area contributed by atoms with Crippen LogP contribution in [0.15, 0.2) is 24.3 Å². The van der Waals surface area contributed by atoms with E-state index in [9.17, 15) is 13.2 Å². The van der Waals surface area contributed by atoms with Crippen molar-refractivity contribution < 1.29 is 13.2 Å². The van der Waals surface area contributed by atoms with Crippen molar-refractivity contribution in [3.63, 3.8) is 0 Å². The molecule has 0 saturated heterocycles. The van der Waals surface area contributed by atoms with Gasteiger partial charge in [-0.15, -0.1) is 5.10 Å². The summed E-state index contributed by atoms with van der Waals surface area (Å²) >= 11 is 0. The van der Waals surface area contributed by atoms with Gasteiger partial charge < -0.3 is 5.73 Å². The third-order valence-electron chi connectivity index (χ3n) is 2.63. The van der Waals surface area contributed by atoms with Crippen molar-refractivity contribution in [3.05, 3.63) is 41.1 Å². The quantitative estimate of drug-likeness (QED) is 0.896. The van der Waals surface area contributed by atoms with Crippen LogP contribution in [0.5, 0.6) is 0 Å². The van der Waals surface area contributed by atoms with Crippen LogP contribution < -0.4 is 5.73 Å². The molecule has 96 valence electrons. The van der Waals surface area contributed by atoms with E-state index in [1.54, 1.807) is 6.92 Å². The Bertz CT molecular complexity index is 542. The number of benzene rings is 1. The minimum atomic E-state index is -4.31. The molecule has 0 fully saturated rings. The smallest absolute Gasteiger partial charge is 0.381 e. The summed E-state index contributed by atoms with van der Waals surface area (Å²) in [6.45, 7) is 2.09. The average Bonchev–Trinajstić information content (AvgIpc) is 2.61. The van der Waals surface area contributed by atoms with Crippen molar-refractivity contribution in [2.75, 3.05) is 5.73 Å². The van der Waals surface area contributed by atoms with Crippen LogP contribution in [0, 0.1) is 6.92 Å². The summed E-state index contributed by atoms with van der Waals surface area (Å²) in [7, 11) is 0. The van der Waals surface area contributed by atoms with E-state index >= 15 is 0 Å². The number of rotatable bonds is 2. The van der Waals surface area contributed by atoms with Crippen LogP contribution >= 0.6 is 0 Å². The summed E-state index contributed by atoms with van der Waals surface area (Å²) in [5.74, 6) is 0.321. The largest absolute Gasteiger partial charge is 0.416 e. The van der Waals surface area contributed by atoms with Gasteiger partial charge in [-0.2, -0.15) is 13.2 Å². The first-order chi connectivity index (χ1) is 8.38. The van der Waals surface area contributed by atoms with Crippen LogP contribution in [-0.4, -0.2) is 15.0 Å². The van der Waals surface area contributed by atoms with Crippen molar-refractivity contribution in [2.45, 2.75) is 19.6 Å². The van der Waals surface area contributed by atoms with Gasteiger partial charge in [0.1, 0.15) is 0 Å². The molecule has 2 aromatic rings. The number of anilines is 1. The molecule has 1 aromatic heterocycles. The van der Waals surface area contributed by atoms with Gasteiger partial charge in [-0.3, -0.25) is 0 Å². The van der Waals surface area contributed by atoms with E-state index in [0.29, 0.717) is 23.6 Å². The maximum atomic E-state index is 12.4. The standard InChI is InChI=1S/C11H11F3N4/c1-7-10(15)16-17-18(7)6-8-2-4-9(5-3-8)11(12,13)14/h2-5H,6,15H2,1H3. The first-order valence-corrected chi connectivity index (χ1v) is 5.19. The van der Waals surface area contributed by atoms with Crippen LogP contribution in [0.4, 0.5) is 19.0 Å². The number of hydrogen-bond acceptors (Lipinski definition) is 3. The van der Waals surface area contributed by atoms with Crippen molar-refractivity contribution >= 4 is 5.82 Å². The molecular formula is C11H11F3N4. The molecule has 0 spiro atoms. The van der Waals surface area contributed by atoms with Gasteiger partial charge in [-0.1, -0.05) is 17.3 Å². The Morgan fingerprint density at radius 3 is 2.28 bits per heavy atom. The number of nitrogens with two attached hydrogens (primary N) is 1. The van der Waals surface area contributed by atoms with E-state index < -0.39 is 11.7 Å². The van der Waals surface area contributed by atoms with Gasteiger partial charge in [-0.05, 0) is 24.6 Å². The summed E-state index contributed by atoms with van der Waals surface area (Å²) in [6.07, 6.45) is -4.31. The molecule has 1 aromatic carbocycles. The molecule has 1 heterocycles. The number of nitrogen functional groups attached to an aromatic ring is 1. The lowest BCUT2D eigenvalue weighted by atomic mass is 10.1. The molecule has 2 rings (SSSR count). The second kappa shape index (κ2) is 4.32. The molecule has 4 nitrogen and oxygen atoms in total. The molecule has 7 heteroatoms. The molecule has 2 N–H and O–H groups in total. The molecule has 0 amide bonds. The molecule has 0 saturated carbocycles. The zero-order valence-corrected chi connectivity index (χ0v) is 9.57. The molecule has 0 aliphatic carbocycles. The Labute approximate surface area is 101 Å². The summed E-state index contributed by atoms with van der Waals surface area (Å²) in [5, 5.41) is 7.48. The highest BCUT2D eigenvalue weighted by Gasteiger charge is 2.29. The normalized spacial score (nSPS) is 11.8. The fourth-order valence-corrected chi connectivity index (χ4v) is 1.50. The second-order valence-corrected chi connectivity index (χ2v) is 3.91. The van der Waals surface area contributed by atoms with Gasteiger partial charge in [-0.25, -0.2) is 4.68 Å². The lowest BCUT2D eigenvalue weighted by molar-refractivity contribution is -0.137. The molecule has 0 atom stereocenters. The van der Waals surface area contributed by atoms with Gasteiger partial charge in [0.25, 0.3) is 0 Å². The summed E-state index contributed by atoms with van der Waals surface area (Å²) in [6, 6.07) is 4.93. The average molecular weight is 256 g/mol. The molecule has 0 unspecified atom stereocenters.